The number of fused-ring (bicyclic) bond motifs is 1. The number of hydrogen-bond acceptors (Lipinski definition) is 5. The number of rotatable bonds is 7. The number of imidazole rings is 1. The number of nitrogens with one attached hydrogen (secondary N) is 1. The summed E-state index contributed by atoms with van der Waals surface area (Å²) in [6, 6.07) is 8.21. The van der Waals surface area contributed by atoms with Crippen molar-refractivity contribution in [1.29, 1.82) is 0 Å². The normalized spacial score (nSPS) is 15.9. The lowest BCUT2D eigenvalue weighted by Gasteiger charge is -2.29. The van der Waals surface area contributed by atoms with Crippen molar-refractivity contribution >= 4 is 22.2 Å². The van der Waals surface area contributed by atoms with Gasteiger partial charge >= 0.3 is 0 Å². The second kappa shape index (κ2) is 8.10. The van der Waals surface area contributed by atoms with E-state index >= 15 is 0 Å². The van der Waals surface area contributed by atoms with Crippen molar-refractivity contribution in [3.05, 3.63) is 53.3 Å². The Hall–Kier alpha value is -2.38. The minimum atomic E-state index is -0.000141. The lowest BCUT2D eigenvalue weighted by Crippen LogP contribution is -2.37. The summed E-state index contributed by atoms with van der Waals surface area (Å²) in [5.74, 6) is 0.873. The predicted octanol–water partition coefficient (Wildman–Crippen LogP) is 2.90. The molecule has 27 heavy (non-hydrogen) atoms. The molecule has 0 spiro atoms. The van der Waals surface area contributed by atoms with E-state index < -0.39 is 0 Å². The molecule has 1 aliphatic rings. The lowest BCUT2D eigenvalue weighted by molar-refractivity contribution is -0.120. The van der Waals surface area contributed by atoms with Crippen LogP contribution in [-0.4, -0.2) is 46.9 Å². The Balaban J connectivity index is 1.44. The number of aromatic nitrogens is 2. The van der Waals surface area contributed by atoms with Crippen molar-refractivity contribution < 1.29 is 9.53 Å². The molecule has 1 unspecified atom stereocenters. The van der Waals surface area contributed by atoms with Gasteiger partial charge in [0.05, 0.1) is 25.3 Å². The quantitative estimate of drug-likeness (QED) is 0.680. The predicted molar refractivity (Wildman–Crippen MR) is 106 cm³/mol. The van der Waals surface area contributed by atoms with Crippen LogP contribution < -0.4 is 10.1 Å². The van der Waals surface area contributed by atoms with E-state index in [-0.39, 0.29) is 11.9 Å². The van der Waals surface area contributed by atoms with Crippen LogP contribution in [0, 0.1) is 0 Å². The van der Waals surface area contributed by atoms with Crippen molar-refractivity contribution in [2.75, 3.05) is 26.7 Å². The number of likely N-dealkylation sites (tertiary alicyclic amines) is 1. The average molecular weight is 385 g/mol. The Morgan fingerprint density at radius 2 is 2.15 bits per heavy atom. The SMILES string of the molecule is COc1ccccc1C(CNC(=O)Cc1cn2ccsc2n1)N1CCCC1. The van der Waals surface area contributed by atoms with E-state index in [1.54, 1.807) is 18.4 Å². The fraction of sp³-hybridized carbons (Fsp3) is 0.400. The van der Waals surface area contributed by atoms with Crippen molar-refractivity contribution in [2.24, 2.45) is 0 Å². The van der Waals surface area contributed by atoms with Gasteiger partial charge in [-0.2, -0.15) is 0 Å². The van der Waals surface area contributed by atoms with E-state index in [2.05, 4.69) is 21.3 Å². The van der Waals surface area contributed by atoms with Crippen LogP contribution >= 0.6 is 11.3 Å². The molecule has 1 atom stereocenters. The molecule has 4 rings (SSSR count). The molecule has 0 radical (unpaired) electrons. The fourth-order valence-electron chi connectivity index (χ4n) is 3.73. The third-order valence-corrected chi connectivity index (χ3v) is 5.83. The van der Waals surface area contributed by atoms with Crippen LogP contribution in [0.2, 0.25) is 0 Å². The molecule has 0 aliphatic carbocycles. The number of thiazole rings is 1. The number of methoxy groups -OCH3 is 1. The van der Waals surface area contributed by atoms with Crippen molar-refractivity contribution in [1.82, 2.24) is 19.6 Å². The maximum atomic E-state index is 12.5. The fourth-order valence-corrected chi connectivity index (χ4v) is 4.45. The third kappa shape index (κ3) is 3.99. The topological polar surface area (TPSA) is 58.9 Å². The van der Waals surface area contributed by atoms with E-state index in [1.165, 1.54) is 12.8 Å². The van der Waals surface area contributed by atoms with E-state index in [4.69, 9.17) is 4.74 Å². The summed E-state index contributed by atoms with van der Waals surface area (Å²) in [6.07, 6.45) is 6.58. The maximum absolute atomic E-state index is 12.5. The molecule has 0 bridgehead atoms. The molecule has 6 nitrogen and oxygen atoms in total. The van der Waals surface area contributed by atoms with Gasteiger partial charge in [-0.15, -0.1) is 11.3 Å². The van der Waals surface area contributed by atoms with Gasteiger partial charge in [0.2, 0.25) is 5.91 Å². The number of ether oxygens (including phenoxy) is 1. The number of para-hydroxylation sites is 1. The molecular weight excluding hydrogens is 360 g/mol. The average Bonchev–Trinajstić information content (AvgIpc) is 3.40. The van der Waals surface area contributed by atoms with E-state index in [0.29, 0.717) is 13.0 Å². The van der Waals surface area contributed by atoms with Gasteiger partial charge in [0.25, 0.3) is 0 Å². The minimum Gasteiger partial charge on any atom is -0.496 e. The van der Waals surface area contributed by atoms with Gasteiger partial charge in [-0.05, 0) is 32.0 Å². The van der Waals surface area contributed by atoms with Gasteiger partial charge in [0, 0.05) is 29.9 Å². The van der Waals surface area contributed by atoms with Crippen LogP contribution in [0.1, 0.15) is 30.1 Å². The monoisotopic (exact) mass is 384 g/mol. The van der Waals surface area contributed by atoms with Crippen LogP contribution in [0.5, 0.6) is 5.75 Å². The second-order valence-corrected chi connectivity index (χ2v) is 7.68. The first-order valence-corrected chi connectivity index (χ1v) is 10.2. The van der Waals surface area contributed by atoms with Crippen LogP contribution in [0.25, 0.3) is 4.96 Å². The molecule has 1 fully saturated rings. The van der Waals surface area contributed by atoms with Gasteiger partial charge in [-0.1, -0.05) is 18.2 Å². The van der Waals surface area contributed by atoms with Gasteiger partial charge in [-0.3, -0.25) is 14.1 Å². The van der Waals surface area contributed by atoms with Gasteiger partial charge in [-0.25, -0.2) is 4.98 Å². The molecule has 1 saturated heterocycles. The molecule has 1 aromatic carbocycles. The van der Waals surface area contributed by atoms with Crippen LogP contribution in [0.3, 0.4) is 0 Å². The number of amides is 1. The number of carbonyl (C=O) groups is 1. The number of benzene rings is 1. The zero-order valence-corrected chi connectivity index (χ0v) is 16.2. The summed E-state index contributed by atoms with van der Waals surface area (Å²) in [5, 5.41) is 5.10. The van der Waals surface area contributed by atoms with Crippen LogP contribution in [0.15, 0.2) is 42.0 Å². The van der Waals surface area contributed by atoms with Gasteiger partial charge < -0.3 is 10.1 Å². The van der Waals surface area contributed by atoms with Crippen molar-refractivity contribution in [2.45, 2.75) is 25.3 Å². The third-order valence-electron chi connectivity index (χ3n) is 5.06. The zero-order chi connectivity index (χ0) is 18.6. The molecule has 1 N–H and O–H groups in total. The molecule has 3 heterocycles. The Morgan fingerprint density at radius 3 is 2.93 bits per heavy atom. The molecule has 3 aromatic rings. The first-order valence-electron chi connectivity index (χ1n) is 9.29. The lowest BCUT2D eigenvalue weighted by atomic mass is 10.0. The van der Waals surface area contributed by atoms with Crippen molar-refractivity contribution in [3.8, 4) is 5.75 Å². The molecular formula is C20H24N4O2S. The van der Waals surface area contributed by atoms with Crippen LogP contribution in [-0.2, 0) is 11.2 Å². The highest BCUT2D eigenvalue weighted by Gasteiger charge is 2.26. The van der Waals surface area contributed by atoms with Crippen LogP contribution in [0.4, 0.5) is 0 Å². The summed E-state index contributed by atoms with van der Waals surface area (Å²) in [7, 11) is 1.70. The highest BCUT2D eigenvalue weighted by molar-refractivity contribution is 7.15. The number of nitrogens with zero attached hydrogens (tertiary/aromatic N) is 3. The summed E-state index contributed by atoms with van der Waals surface area (Å²) in [6.45, 7) is 2.67. The highest BCUT2D eigenvalue weighted by Crippen LogP contribution is 2.31. The zero-order valence-electron chi connectivity index (χ0n) is 15.4. The maximum Gasteiger partial charge on any atom is 0.226 e. The Morgan fingerprint density at radius 1 is 1.33 bits per heavy atom. The molecule has 142 valence electrons. The Kier molecular flexibility index (Phi) is 5.40. The van der Waals surface area contributed by atoms with Crippen molar-refractivity contribution in [3.63, 3.8) is 0 Å². The largest absolute Gasteiger partial charge is 0.496 e. The number of hydrogen-bond donors (Lipinski definition) is 1. The van der Waals surface area contributed by atoms with E-state index in [1.807, 2.05) is 40.4 Å². The van der Waals surface area contributed by atoms with E-state index in [0.717, 1.165) is 35.1 Å². The standard InChI is InChI=1S/C20H24N4O2S/c1-26-18-7-3-2-6-16(18)17(23-8-4-5-9-23)13-21-19(25)12-15-14-24-10-11-27-20(24)22-15/h2-3,6-7,10-11,14,17H,4-5,8-9,12-13H2,1H3,(H,21,25). The van der Waals surface area contributed by atoms with Gasteiger partial charge in [0.1, 0.15) is 5.75 Å². The first kappa shape index (κ1) is 18.0. The Bertz CT molecular complexity index is 885. The summed E-state index contributed by atoms with van der Waals surface area (Å²) < 4.78 is 7.52. The second-order valence-electron chi connectivity index (χ2n) is 6.81. The summed E-state index contributed by atoms with van der Waals surface area (Å²) >= 11 is 1.57. The smallest absolute Gasteiger partial charge is 0.226 e. The molecule has 1 amide bonds. The molecule has 7 heteroatoms. The molecule has 2 aromatic heterocycles. The molecule has 1 aliphatic heterocycles. The molecule has 0 saturated carbocycles. The van der Waals surface area contributed by atoms with Gasteiger partial charge in [0.15, 0.2) is 4.96 Å². The Labute approximate surface area is 162 Å². The summed E-state index contributed by atoms with van der Waals surface area (Å²) in [4.78, 5) is 20.4. The highest BCUT2D eigenvalue weighted by atomic mass is 32.1. The van der Waals surface area contributed by atoms with E-state index in [9.17, 15) is 4.79 Å². The number of carbonyl (C=O) groups excluding carboxylic acids is 1. The summed E-state index contributed by atoms with van der Waals surface area (Å²) in [5.41, 5.74) is 1.93. The minimum absolute atomic E-state index is 0.000141. The first-order chi connectivity index (χ1) is 13.2.